The molecule has 0 saturated carbocycles. The monoisotopic (exact) mass is 234 g/mol. The maximum Gasteiger partial charge on any atom is 0.120 e. The Morgan fingerprint density at radius 3 is 2.88 bits per heavy atom. The minimum absolute atomic E-state index is 0.200. The van der Waals surface area contributed by atoms with Crippen LogP contribution in [0.25, 0.3) is 0 Å². The highest BCUT2D eigenvalue weighted by molar-refractivity contribution is 5.37. The van der Waals surface area contributed by atoms with Crippen molar-refractivity contribution in [3.05, 3.63) is 29.3 Å². The second-order valence-electron chi connectivity index (χ2n) is 5.20. The number of phenols is 1. The molecule has 3 nitrogen and oxygen atoms in total. The van der Waals surface area contributed by atoms with Gasteiger partial charge in [0, 0.05) is 24.2 Å². The van der Waals surface area contributed by atoms with Gasteiger partial charge in [-0.15, -0.1) is 0 Å². The predicted molar refractivity (Wildman–Crippen MR) is 70.3 cm³/mol. The topological polar surface area (TPSA) is 35.5 Å². The third kappa shape index (κ3) is 2.99. The Morgan fingerprint density at radius 2 is 2.24 bits per heavy atom. The first kappa shape index (κ1) is 12.4. The summed E-state index contributed by atoms with van der Waals surface area (Å²) < 4.78 is 0. The normalized spacial score (nSPS) is 22.9. The number of nitrogens with zero attached hydrogens (tertiary/aromatic N) is 1. The summed E-state index contributed by atoms with van der Waals surface area (Å²) in [4.78, 5) is 2.33. The lowest BCUT2D eigenvalue weighted by molar-refractivity contribution is 0.383. The largest absolute Gasteiger partial charge is 0.508 e. The number of phenolic OH excluding ortho intramolecular Hbond substituents is 1. The van der Waals surface area contributed by atoms with E-state index < -0.39 is 0 Å². The molecule has 3 heteroatoms. The van der Waals surface area contributed by atoms with Crippen LogP contribution in [-0.2, 0) is 0 Å². The van der Waals surface area contributed by atoms with E-state index in [-0.39, 0.29) is 6.04 Å². The zero-order chi connectivity index (χ0) is 12.4. The molecule has 1 aromatic carbocycles. The summed E-state index contributed by atoms with van der Waals surface area (Å²) in [7, 11) is 2.15. The molecule has 1 fully saturated rings. The van der Waals surface area contributed by atoms with E-state index in [1.807, 2.05) is 6.07 Å². The van der Waals surface area contributed by atoms with Gasteiger partial charge in [-0.3, -0.25) is 0 Å². The summed E-state index contributed by atoms with van der Waals surface area (Å²) >= 11 is 0. The Kier molecular flexibility index (Phi) is 3.69. The van der Waals surface area contributed by atoms with Crippen LogP contribution in [0.5, 0.6) is 5.75 Å². The summed E-state index contributed by atoms with van der Waals surface area (Å²) in [6, 6.07) is 6.52. The molecule has 0 spiro atoms. The molecule has 0 bridgehead atoms. The van der Waals surface area contributed by atoms with Crippen molar-refractivity contribution in [3.63, 3.8) is 0 Å². The summed E-state index contributed by atoms with van der Waals surface area (Å²) in [5, 5.41) is 13.5. The number of nitrogens with one attached hydrogen (secondary N) is 1. The van der Waals surface area contributed by atoms with Crippen LogP contribution in [0.15, 0.2) is 18.2 Å². The molecule has 1 heterocycles. The quantitative estimate of drug-likeness (QED) is 0.840. The highest BCUT2D eigenvalue weighted by atomic mass is 16.3. The number of hydrogen-bond acceptors (Lipinski definition) is 3. The van der Waals surface area contributed by atoms with Crippen LogP contribution in [0.1, 0.15) is 30.5 Å². The van der Waals surface area contributed by atoms with Gasteiger partial charge in [-0.25, -0.2) is 0 Å². The zero-order valence-corrected chi connectivity index (χ0v) is 10.9. The first-order chi connectivity index (χ1) is 8.06. The molecule has 0 amide bonds. The van der Waals surface area contributed by atoms with Crippen LogP contribution in [0.2, 0.25) is 0 Å². The second kappa shape index (κ2) is 5.07. The SMILES string of the molecule is Cc1ccc(O)c(C(C)NC2CCN(C)C2)c1. The Bertz CT molecular complexity index is 392. The summed E-state index contributed by atoms with van der Waals surface area (Å²) in [5.74, 6) is 0.391. The molecular weight excluding hydrogens is 212 g/mol. The van der Waals surface area contributed by atoms with E-state index in [2.05, 4.69) is 37.2 Å². The van der Waals surface area contributed by atoms with Gasteiger partial charge < -0.3 is 15.3 Å². The number of aryl methyl sites for hydroxylation is 1. The summed E-state index contributed by atoms with van der Waals surface area (Å²) in [5.41, 5.74) is 2.19. The van der Waals surface area contributed by atoms with Gasteiger partial charge in [0.05, 0.1) is 0 Å². The molecule has 0 radical (unpaired) electrons. The Morgan fingerprint density at radius 1 is 1.47 bits per heavy atom. The Balaban J connectivity index is 2.04. The molecular formula is C14H22N2O. The first-order valence-electron chi connectivity index (χ1n) is 6.30. The lowest BCUT2D eigenvalue weighted by Crippen LogP contribution is -2.33. The van der Waals surface area contributed by atoms with E-state index in [0.29, 0.717) is 11.8 Å². The minimum Gasteiger partial charge on any atom is -0.508 e. The molecule has 94 valence electrons. The van der Waals surface area contributed by atoms with Crippen LogP contribution < -0.4 is 5.32 Å². The van der Waals surface area contributed by atoms with Gasteiger partial charge in [0.25, 0.3) is 0 Å². The van der Waals surface area contributed by atoms with Crippen LogP contribution in [-0.4, -0.2) is 36.2 Å². The molecule has 1 aliphatic heterocycles. The van der Waals surface area contributed by atoms with E-state index in [1.54, 1.807) is 6.07 Å². The molecule has 0 aliphatic carbocycles. The van der Waals surface area contributed by atoms with Crippen molar-refractivity contribution >= 4 is 0 Å². The number of aromatic hydroxyl groups is 1. The summed E-state index contributed by atoms with van der Waals surface area (Å²) in [6.07, 6.45) is 1.19. The number of rotatable bonds is 3. The van der Waals surface area contributed by atoms with Crippen LogP contribution in [0, 0.1) is 6.92 Å². The van der Waals surface area contributed by atoms with Gasteiger partial charge in [0.15, 0.2) is 0 Å². The van der Waals surface area contributed by atoms with Crippen molar-refractivity contribution in [2.24, 2.45) is 0 Å². The van der Waals surface area contributed by atoms with Gasteiger partial charge in [-0.05, 0) is 39.9 Å². The standard InChI is InChI=1S/C14H22N2O/c1-10-4-5-14(17)13(8-10)11(2)15-12-6-7-16(3)9-12/h4-5,8,11-12,15,17H,6-7,9H2,1-3H3. The zero-order valence-electron chi connectivity index (χ0n) is 10.9. The van der Waals surface area contributed by atoms with E-state index in [0.717, 1.165) is 18.7 Å². The van der Waals surface area contributed by atoms with Crippen molar-refractivity contribution in [3.8, 4) is 5.75 Å². The van der Waals surface area contributed by atoms with Gasteiger partial charge in [-0.2, -0.15) is 0 Å². The molecule has 2 atom stereocenters. The molecule has 1 aliphatic rings. The van der Waals surface area contributed by atoms with E-state index in [1.165, 1.54) is 12.0 Å². The number of benzene rings is 1. The lowest BCUT2D eigenvalue weighted by atomic mass is 10.0. The predicted octanol–water partition coefficient (Wildman–Crippen LogP) is 2.06. The molecule has 0 aromatic heterocycles. The third-order valence-corrected chi connectivity index (χ3v) is 3.53. The van der Waals surface area contributed by atoms with Crippen LogP contribution in [0.3, 0.4) is 0 Å². The maximum atomic E-state index is 9.88. The van der Waals surface area contributed by atoms with Gasteiger partial charge in [-0.1, -0.05) is 17.7 Å². The van der Waals surface area contributed by atoms with E-state index >= 15 is 0 Å². The smallest absolute Gasteiger partial charge is 0.120 e. The molecule has 1 saturated heterocycles. The number of likely N-dealkylation sites (N-methyl/N-ethyl adjacent to an activating group) is 1. The molecule has 1 aromatic rings. The van der Waals surface area contributed by atoms with Gasteiger partial charge in [0.2, 0.25) is 0 Å². The fraction of sp³-hybridized carbons (Fsp3) is 0.571. The van der Waals surface area contributed by atoms with Crippen LogP contribution >= 0.6 is 0 Å². The first-order valence-corrected chi connectivity index (χ1v) is 6.30. The van der Waals surface area contributed by atoms with E-state index in [4.69, 9.17) is 0 Å². The Labute approximate surface area is 103 Å². The number of hydrogen-bond donors (Lipinski definition) is 2. The second-order valence-corrected chi connectivity index (χ2v) is 5.20. The van der Waals surface area contributed by atoms with Crippen molar-refractivity contribution in [1.29, 1.82) is 0 Å². The minimum atomic E-state index is 0.200. The van der Waals surface area contributed by atoms with Gasteiger partial charge >= 0.3 is 0 Å². The average Bonchev–Trinajstić information content (AvgIpc) is 2.67. The van der Waals surface area contributed by atoms with Crippen molar-refractivity contribution in [1.82, 2.24) is 10.2 Å². The van der Waals surface area contributed by atoms with E-state index in [9.17, 15) is 5.11 Å². The lowest BCUT2D eigenvalue weighted by Gasteiger charge is -2.21. The highest BCUT2D eigenvalue weighted by Crippen LogP contribution is 2.26. The van der Waals surface area contributed by atoms with Crippen molar-refractivity contribution in [2.75, 3.05) is 20.1 Å². The maximum absolute atomic E-state index is 9.88. The highest BCUT2D eigenvalue weighted by Gasteiger charge is 2.22. The fourth-order valence-corrected chi connectivity index (χ4v) is 2.54. The Hall–Kier alpha value is -1.06. The average molecular weight is 234 g/mol. The molecule has 17 heavy (non-hydrogen) atoms. The van der Waals surface area contributed by atoms with Crippen molar-refractivity contribution < 1.29 is 5.11 Å². The molecule has 2 rings (SSSR count). The van der Waals surface area contributed by atoms with Crippen molar-refractivity contribution in [2.45, 2.75) is 32.4 Å². The molecule has 2 unspecified atom stereocenters. The number of likely N-dealkylation sites (tertiary alicyclic amines) is 1. The third-order valence-electron chi connectivity index (χ3n) is 3.53. The van der Waals surface area contributed by atoms with Gasteiger partial charge in [0.1, 0.15) is 5.75 Å². The summed E-state index contributed by atoms with van der Waals surface area (Å²) in [6.45, 7) is 6.42. The molecule has 2 N–H and O–H groups in total. The fourth-order valence-electron chi connectivity index (χ4n) is 2.54. The van der Waals surface area contributed by atoms with Crippen LogP contribution in [0.4, 0.5) is 0 Å².